The first-order valence-corrected chi connectivity index (χ1v) is 12.6. The van der Waals surface area contributed by atoms with Crippen LogP contribution in [0.25, 0.3) is 11.0 Å². The van der Waals surface area contributed by atoms with E-state index in [0.717, 1.165) is 23.3 Å². The van der Waals surface area contributed by atoms with Crippen LogP contribution in [0.5, 0.6) is 0 Å². The Morgan fingerprint density at radius 3 is 2.26 bits per heavy atom. The van der Waals surface area contributed by atoms with Gasteiger partial charge in [-0.3, -0.25) is 0 Å². The highest BCUT2D eigenvalue weighted by Gasteiger charge is 2.31. The van der Waals surface area contributed by atoms with E-state index in [2.05, 4.69) is 4.98 Å². The Morgan fingerprint density at radius 2 is 1.68 bits per heavy atom. The first-order chi connectivity index (χ1) is 16.1. The highest BCUT2D eigenvalue weighted by atomic mass is 35.5. The number of halogens is 2. The molecule has 0 spiro atoms. The molecule has 1 aromatic heterocycles. The number of nitrogens with zero attached hydrogens (tertiary/aromatic N) is 4. The van der Waals surface area contributed by atoms with Crippen molar-refractivity contribution in [3.8, 4) is 0 Å². The Morgan fingerprint density at radius 1 is 1.06 bits per heavy atom. The molecule has 2 heterocycles. The van der Waals surface area contributed by atoms with Gasteiger partial charge in [-0.1, -0.05) is 11.6 Å². The molecule has 0 bridgehead atoms. The van der Waals surface area contributed by atoms with Crippen molar-refractivity contribution in [2.24, 2.45) is 0 Å². The topological polar surface area (TPSA) is 92.7 Å². The lowest BCUT2D eigenvalue weighted by Gasteiger charge is -2.35. The Hall–Kier alpha value is -2.82. The molecule has 1 fully saturated rings. The molecule has 11 heteroatoms. The summed E-state index contributed by atoms with van der Waals surface area (Å²) >= 11 is 5.78. The van der Waals surface area contributed by atoms with Gasteiger partial charge in [0.25, 0.3) is 0 Å². The molecule has 1 aliphatic rings. The van der Waals surface area contributed by atoms with E-state index in [0.29, 0.717) is 16.9 Å². The van der Waals surface area contributed by atoms with E-state index in [9.17, 15) is 17.6 Å². The van der Waals surface area contributed by atoms with E-state index in [-0.39, 0.29) is 48.4 Å². The van der Waals surface area contributed by atoms with Crippen molar-refractivity contribution in [1.29, 1.82) is 0 Å². The van der Waals surface area contributed by atoms with Crippen molar-refractivity contribution in [2.45, 2.75) is 25.7 Å². The van der Waals surface area contributed by atoms with Gasteiger partial charge in [-0.2, -0.15) is 4.31 Å². The standard InChI is InChI=1S/C23H24ClFN4O4S/c1-4-33-23(30)21-22(27-20-12-15(3)14(2)11-19(20)26-21)28-7-9-29(10-8-28)34(31,32)16-5-6-18(25)17(24)13-16/h5-6,11-13H,4,7-10H2,1-3H3. The quantitative estimate of drug-likeness (QED) is 0.487. The molecule has 0 radical (unpaired) electrons. The SMILES string of the molecule is CCOC(=O)c1nc2cc(C)c(C)cc2nc1N1CCN(S(=O)(=O)c2ccc(F)c(Cl)c2)CC1. The van der Waals surface area contributed by atoms with Gasteiger partial charge in [-0.25, -0.2) is 27.6 Å². The second-order valence-corrected chi connectivity index (χ2v) is 10.4. The molecule has 2 aromatic carbocycles. The molecule has 1 aliphatic heterocycles. The monoisotopic (exact) mass is 506 g/mol. The minimum atomic E-state index is -3.86. The van der Waals surface area contributed by atoms with Crippen LogP contribution in [0, 0.1) is 19.7 Å². The fraction of sp³-hybridized carbons (Fsp3) is 0.348. The average molecular weight is 507 g/mol. The van der Waals surface area contributed by atoms with Gasteiger partial charge < -0.3 is 9.64 Å². The third-order valence-electron chi connectivity index (χ3n) is 5.80. The fourth-order valence-corrected chi connectivity index (χ4v) is 5.48. The Balaban J connectivity index is 1.64. The van der Waals surface area contributed by atoms with Crippen LogP contribution in [-0.4, -0.2) is 61.4 Å². The van der Waals surface area contributed by atoms with Crippen molar-refractivity contribution in [3.63, 3.8) is 0 Å². The number of anilines is 1. The molecule has 0 saturated carbocycles. The summed E-state index contributed by atoms with van der Waals surface area (Å²) < 4.78 is 46.0. The molecule has 34 heavy (non-hydrogen) atoms. The van der Waals surface area contributed by atoms with Crippen LogP contribution >= 0.6 is 11.6 Å². The van der Waals surface area contributed by atoms with Gasteiger partial charge in [-0.05, 0) is 62.2 Å². The van der Waals surface area contributed by atoms with Crippen LogP contribution in [0.3, 0.4) is 0 Å². The van der Waals surface area contributed by atoms with Gasteiger partial charge in [0.05, 0.1) is 27.6 Å². The van der Waals surface area contributed by atoms with Crippen molar-refractivity contribution >= 4 is 44.4 Å². The van der Waals surface area contributed by atoms with Gasteiger partial charge in [0, 0.05) is 26.2 Å². The molecule has 8 nitrogen and oxygen atoms in total. The van der Waals surface area contributed by atoms with Gasteiger partial charge in [0.2, 0.25) is 10.0 Å². The lowest BCUT2D eigenvalue weighted by Crippen LogP contribution is -2.49. The maximum absolute atomic E-state index is 13.5. The first-order valence-electron chi connectivity index (χ1n) is 10.8. The Labute approximate surface area is 202 Å². The third-order valence-corrected chi connectivity index (χ3v) is 7.98. The molecule has 0 amide bonds. The highest BCUT2D eigenvalue weighted by molar-refractivity contribution is 7.89. The van der Waals surface area contributed by atoms with E-state index < -0.39 is 21.8 Å². The van der Waals surface area contributed by atoms with Gasteiger partial charge in [0.15, 0.2) is 11.5 Å². The van der Waals surface area contributed by atoms with E-state index in [1.54, 1.807) is 6.92 Å². The van der Waals surface area contributed by atoms with Gasteiger partial charge in [-0.15, -0.1) is 0 Å². The number of ether oxygens (including phenoxy) is 1. The Kier molecular flexibility index (Phi) is 6.75. The number of fused-ring (bicyclic) bond motifs is 1. The lowest BCUT2D eigenvalue weighted by atomic mass is 10.1. The summed E-state index contributed by atoms with van der Waals surface area (Å²) in [6, 6.07) is 7.13. The zero-order valence-electron chi connectivity index (χ0n) is 19.0. The molecule has 0 aliphatic carbocycles. The van der Waals surface area contributed by atoms with Crippen molar-refractivity contribution in [3.05, 3.63) is 58.0 Å². The number of piperazine rings is 1. The summed E-state index contributed by atoms with van der Waals surface area (Å²) in [4.78, 5) is 23.7. The highest BCUT2D eigenvalue weighted by Crippen LogP contribution is 2.27. The third kappa shape index (κ3) is 4.57. The van der Waals surface area contributed by atoms with Crippen molar-refractivity contribution in [1.82, 2.24) is 14.3 Å². The number of hydrogen-bond donors (Lipinski definition) is 0. The van der Waals surface area contributed by atoms with Crippen molar-refractivity contribution in [2.75, 3.05) is 37.7 Å². The van der Waals surface area contributed by atoms with Crippen LogP contribution < -0.4 is 4.90 Å². The second kappa shape index (κ2) is 9.44. The largest absolute Gasteiger partial charge is 0.461 e. The second-order valence-electron chi connectivity index (χ2n) is 8.01. The van der Waals surface area contributed by atoms with Gasteiger partial charge in [0.1, 0.15) is 5.82 Å². The van der Waals surface area contributed by atoms with Gasteiger partial charge >= 0.3 is 5.97 Å². The number of sulfonamides is 1. The molecule has 0 unspecified atom stereocenters. The molecule has 1 saturated heterocycles. The summed E-state index contributed by atoms with van der Waals surface area (Å²) in [6.45, 7) is 6.70. The zero-order valence-corrected chi connectivity index (χ0v) is 20.6. The van der Waals surface area contributed by atoms with E-state index >= 15 is 0 Å². The number of hydrogen-bond acceptors (Lipinski definition) is 7. The molecule has 4 rings (SSSR count). The maximum atomic E-state index is 13.5. The van der Waals surface area contributed by atoms with E-state index in [1.807, 2.05) is 30.9 Å². The molecular weight excluding hydrogens is 483 g/mol. The number of aryl methyl sites for hydroxylation is 2. The summed E-state index contributed by atoms with van der Waals surface area (Å²) in [6.07, 6.45) is 0. The smallest absolute Gasteiger partial charge is 0.360 e. The number of carbonyl (C=O) groups excluding carboxylic acids is 1. The predicted octanol–water partition coefficient (Wildman–Crippen LogP) is 3.73. The minimum Gasteiger partial charge on any atom is -0.461 e. The van der Waals surface area contributed by atoms with Crippen LogP contribution in [-0.2, 0) is 14.8 Å². The molecule has 0 N–H and O–H groups in total. The van der Waals surface area contributed by atoms with Crippen LogP contribution in [0.2, 0.25) is 5.02 Å². The number of aromatic nitrogens is 2. The average Bonchev–Trinajstić information content (AvgIpc) is 2.81. The maximum Gasteiger partial charge on any atom is 0.360 e. The van der Waals surface area contributed by atoms with E-state index in [4.69, 9.17) is 21.3 Å². The number of rotatable bonds is 5. The van der Waals surface area contributed by atoms with Crippen molar-refractivity contribution < 1.29 is 22.3 Å². The molecule has 180 valence electrons. The first kappa shape index (κ1) is 24.3. The van der Waals surface area contributed by atoms with Crippen LogP contribution in [0.15, 0.2) is 35.2 Å². The fourth-order valence-electron chi connectivity index (χ4n) is 3.79. The number of esters is 1. The number of benzene rings is 2. The summed E-state index contributed by atoms with van der Waals surface area (Å²) in [5.74, 6) is -0.908. The minimum absolute atomic E-state index is 0.0732. The number of carbonyl (C=O) groups is 1. The summed E-state index contributed by atoms with van der Waals surface area (Å²) in [5, 5.41) is -0.254. The lowest BCUT2D eigenvalue weighted by molar-refractivity contribution is 0.0520. The predicted molar refractivity (Wildman–Crippen MR) is 127 cm³/mol. The Bertz CT molecular complexity index is 1380. The molecule has 3 aromatic rings. The zero-order chi connectivity index (χ0) is 24.6. The molecular formula is C23H24ClFN4O4S. The summed E-state index contributed by atoms with van der Waals surface area (Å²) in [5.41, 5.74) is 3.40. The van der Waals surface area contributed by atoms with Crippen LogP contribution in [0.1, 0.15) is 28.5 Å². The summed E-state index contributed by atoms with van der Waals surface area (Å²) in [7, 11) is -3.86. The molecule has 0 atom stereocenters. The van der Waals surface area contributed by atoms with Crippen LogP contribution in [0.4, 0.5) is 10.2 Å². The van der Waals surface area contributed by atoms with E-state index in [1.165, 1.54) is 10.4 Å². The normalized spacial score (nSPS) is 15.0.